The Bertz CT molecular complexity index is 395. The summed E-state index contributed by atoms with van der Waals surface area (Å²) in [6.45, 7) is 2.44. The zero-order valence-electron chi connectivity index (χ0n) is 9.98. The Labute approximate surface area is 101 Å². The number of nitrogens with one attached hydrogen (secondary N) is 1. The van der Waals surface area contributed by atoms with Crippen LogP contribution in [0.15, 0.2) is 18.3 Å². The molecule has 0 bridgehead atoms. The highest BCUT2D eigenvalue weighted by Gasteiger charge is 2.16. The van der Waals surface area contributed by atoms with E-state index in [4.69, 9.17) is 4.74 Å². The molecule has 1 fully saturated rings. The van der Waals surface area contributed by atoms with Crippen molar-refractivity contribution in [1.29, 1.82) is 0 Å². The molecule has 0 radical (unpaired) electrons. The van der Waals surface area contributed by atoms with Crippen molar-refractivity contribution in [2.24, 2.45) is 0 Å². The number of aromatic nitrogens is 1. The van der Waals surface area contributed by atoms with Crippen LogP contribution in [-0.2, 0) is 16.1 Å². The molecule has 1 saturated heterocycles. The SMILES string of the molecule is CNc1cc(CN2CCOCCC2=O)ccn1. The molecule has 1 amide bonds. The molecule has 0 aromatic carbocycles. The van der Waals surface area contributed by atoms with Crippen molar-refractivity contribution in [3.8, 4) is 0 Å². The number of amides is 1. The van der Waals surface area contributed by atoms with Crippen LogP contribution in [0.5, 0.6) is 0 Å². The van der Waals surface area contributed by atoms with Crippen molar-refractivity contribution >= 4 is 11.7 Å². The Kier molecular flexibility index (Phi) is 3.93. The molecule has 0 saturated carbocycles. The number of carbonyl (C=O) groups is 1. The number of ether oxygens (including phenoxy) is 1. The molecule has 0 atom stereocenters. The molecule has 0 aliphatic carbocycles. The first-order valence-corrected chi connectivity index (χ1v) is 5.78. The van der Waals surface area contributed by atoms with E-state index in [0.717, 1.165) is 11.4 Å². The summed E-state index contributed by atoms with van der Waals surface area (Å²) in [5.74, 6) is 0.978. The van der Waals surface area contributed by atoms with Gasteiger partial charge in [0.25, 0.3) is 0 Å². The number of carbonyl (C=O) groups excluding carboxylic acids is 1. The van der Waals surface area contributed by atoms with E-state index in [1.54, 1.807) is 6.20 Å². The first kappa shape index (κ1) is 11.9. The van der Waals surface area contributed by atoms with Gasteiger partial charge >= 0.3 is 0 Å². The van der Waals surface area contributed by atoms with E-state index in [-0.39, 0.29) is 5.91 Å². The summed E-state index contributed by atoms with van der Waals surface area (Å²) in [6, 6.07) is 3.89. The van der Waals surface area contributed by atoms with Crippen LogP contribution >= 0.6 is 0 Å². The highest BCUT2D eigenvalue weighted by molar-refractivity contribution is 5.76. The van der Waals surface area contributed by atoms with Crippen LogP contribution in [0.1, 0.15) is 12.0 Å². The van der Waals surface area contributed by atoms with Gasteiger partial charge in [-0.1, -0.05) is 0 Å². The molecule has 0 spiro atoms. The van der Waals surface area contributed by atoms with Gasteiger partial charge in [0.2, 0.25) is 5.91 Å². The lowest BCUT2D eigenvalue weighted by atomic mass is 10.2. The van der Waals surface area contributed by atoms with E-state index in [1.165, 1.54) is 0 Å². The normalized spacial score (nSPS) is 16.8. The molecule has 1 N–H and O–H groups in total. The average molecular weight is 235 g/mol. The first-order chi connectivity index (χ1) is 8.29. The van der Waals surface area contributed by atoms with Crippen molar-refractivity contribution in [1.82, 2.24) is 9.88 Å². The highest BCUT2D eigenvalue weighted by Crippen LogP contribution is 2.11. The second-order valence-corrected chi connectivity index (χ2v) is 3.98. The van der Waals surface area contributed by atoms with Crippen molar-refractivity contribution in [3.05, 3.63) is 23.9 Å². The van der Waals surface area contributed by atoms with Crippen LogP contribution in [0.3, 0.4) is 0 Å². The Morgan fingerprint density at radius 1 is 1.53 bits per heavy atom. The Hall–Kier alpha value is -1.62. The summed E-state index contributed by atoms with van der Waals surface area (Å²) in [4.78, 5) is 17.8. The summed E-state index contributed by atoms with van der Waals surface area (Å²) >= 11 is 0. The molecule has 5 nitrogen and oxygen atoms in total. The van der Waals surface area contributed by atoms with Crippen LogP contribution in [0, 0.1) is 0 Å². The van der Waals surface area contributed by atoms with E-state index in [1.807, 2.05) is 24.1 Å². The van der Waals surface area contributed by atoms with Gasteiger partial charge < -0.3 is 15.0 Å². The van der Waals surface area contributed by atoms with Crippen LogP contribution in [-0.4, -0.2) is 42.6 Å². The smallest absolute Gasteiger partial charge is 0.225 e. The molecular weight excluding hydrogens is 218 g/mol. The molecular formula is C12H17N3O2. The summed E-state index contributed by atoms with van der Waals surface area (Å²) in [5.41, 5.74) is 1.08. The lowest BCUT2D eigenvalue weighted by Crippen LogP contribution is -2.31. The van der Waals surface area contributed by atoms with E-state index in [0.29, 0.717) is 32.7 Å². The van der Waals surface area contributed by atoms with Crippen LogP contribution < -0.4 is 5.32 Å². The monoisotopic (exact) mass is 235 g/mol. The van der Waals surface area contributed by atoms with Crippen LogP contribution in [0.25, 0.3) is 0 Å². The molecule has 1 aromatic rings. The summed E-state index contributed by atoms with van der Waals surface area (Å²) in [7, 11) is 1.83. The maximum Gasteiger partial charge on any atom is 0.225 e. The van der Waals surface area contributed by atoms with E-state index >= 15 is 0 Å². The van der Waals surface area contributed by atoms with Gasteiger partial charge in [-0.3, -0.25) is 4.79 Å². The number of hydrogen-bond acceptors (Lipinski definition) is 4. The standard InChI is InChI=1S/C12H17N3O2/c1-13-11-8-10(2-4-14-11)9-15-5-7-17-6-3-12(15)16/h2,4,8H,3,5-7,9H2,1H3,(H,13,14). The van der Waals surface area contributed by atoms with E-state index in [9.17, 15) is 4.79 Å². The third-order valence-electron chi connectivity index (χ3n) is 2.77. The fraction of sp³-hybridized carbons (Fsp3) is 0.500. The molecule has 1 aromatic heterocycles. The predicted octanol–water partition coefficient (Wildman–Crippen LogP) is 0.872. The summed E-state index contributed by atoms with van der Waals surface area (Å²) < 4.78 is 5.29. The Morgan fingerprint density at radius 3 is 3.24 bits per heavy atom. The average Bonchev–Trinajstić information content (AvgIpc) is 2.55. The topological polar surface area (TPSA) is 54.5 Å². The number of nitrogens with zero attached hydrogens (tertiary/aromatic N) is 2. The van der Waals surface area contributed by atoms with Gasteiger partial charge in [0.1, 0.15) is 5.82 Å². The number of hydrogen-bond donors (Lipinski definition) is 1. The second-order valence-electron chi connectivity index (χ2n) is 3.98. The van der Waals surface area contributed by atoms with Gasteiger partial charge in [-0.25, -0.2) is 4.98 Å². The Morgan fingerprint density at radius 2 is 2.41 bits per heavy atom. The summed E-state index contributed by atoms with van der Waals surface area (Å²) in [6.07, 6.45) is 2.23. The molecule has 17 heavy (non-hydrogen) atoms. The number of anilines is 1. The van der Waals surface area contributed by atoms with Crippen LogP contribution in [0.4, 0.5) is 5.82 Å². The van der Waals surface area contributed by atoms with Gasteiger partial charge in [-0.15, -0.1) is 0 Å². The predicted molar refractivity (Wildman–Crippen MR) is 64.6 cm³/mol. The molecule has 0 unspecified atom stereocenters. The van der Waals surface area contributed by atoms with E-state index in [2.05, 4.69) is 10.3 Å². The number of pyridine rings is 1. The minimum absolute atomic E-state index is 0.158. The van der Waals surface area contributed by atoms with Crippen LogP contribution in [0.2, 0.25) is 0 Å². The van der Waals surface area contributed by atoms with E-state index < -0.39 is 0 Å². The van der Waals surface area contributed by atoms with Gasteiger partial charge in [-0.05, 0) is 17.7 Å². The fourth-order valence-corrected chi connectivity index (χ4v) is 1.82. The fourth-order valence-electron chi connectivity index (χ4n) is 1.82. The molecule has 92 valence electrons. The largest absolute Gasteiger partial charge is 0.379 e. The third-order valence-corrected chi connectivity index (χ3v) is 2.77. The lowest BCUT2D eigenvalue weighted by molar-refractivity contribution is -0.131. The molecule has 1 aliphatic rings. The summed E-state index contributed by atoms with van der Waals surface area (Å²) in [5, 5.41) is 2.99. The zero-order chi connectivity index (χ0) is 12.1. The first-order valence-electron chi connectivity index (χ1n) is 5.78. The molecule has 5 heteroatoms. The third kappa shape index (κ3) is 3.17. The maximum atomic E-state index is 11.8. The van der Waals surface area contributed by atoms with Crippen molar-refractivity contribution in [2.45, 2.75) is 13.0 Å². The highest BCUT2D eigenvalue weighted by atomic mass is 16.5. The van der Waals surface area contributed by atoms with Gasteiger partial charge in [0, 0.05) is 26.3 Å². The van der Waals surface area contributed by atoms with Gasteiger partial charge in [0.05, 0.1) is 19.6 Å². The number of rotatable bonds is 3. The molecule has 2 heterocycles. The quantitative estimate of drug-likeness (QED) is 0.844. The van der Waals surface area contributed by atoms with Crippen molar-refractivity contribution in [2.75, 3.05) is 32.1 Å². The minimum Gasteiger partial charge on any atom is -0.379 e. The van der Waals surface area contributed by atoms with Crippen molar-refractivity contribution in [3.63, 3.8) is 0 Å². The van der Waals surface area contributed by atoms with Gasteiger partial charge in [-0.2, -0.15) is 0 Å². The Balaban J connectivity index is 2.05. The molecule has 2 rings (SSSR count). The minimum atomic E-state index is 0.158. The molecule has 1 aliphatic heterocycles. The lowest BCUT2D eigenvalue weighted by Gasteiger charge is -2.20. The maximum absolute atomic E-state index is 11.8. The second kappa shape index (κ2) is 5.63. The van der Waals surface area contributed by atoms with Gasteiger partial charge in [0.15, 0.2) is 0 Å². The van der Waals surface area contributed by atoms with Crippen molar-refractivity contribution < 1.29 is 9.53 Å². The zero-order valence-corrected chi connectivity index (χ0v) is 9.98.